The second-order valence-corrected chi connectivity index (χ2v) is 6.90. The van der Waals surface area contributed by atoms with Crippen LogP contribution in [-0.2, 0) is 10.8 Å². The molecule has 80 valence electrons. The third-order valence-electron chi connectivity index (χ3n) is 1.66. The fraction of sp³-hybridized carbons (Fsp3) is 0.600. The standard InChI is InChI=1S/C10H17NOS2/c1-10(2,3)11-6-8-14(12)9-5-4-7-13-9/h4-5,7,11H,6,8H2,1-3H3. The molecule has 0 aliphatic carbocycles. The molecule has 0 aromatic carbocycles. The zero-order chi connectivity index (χ0) is 10.6. The topological polar surface area (TPSA) is 29.1 Å². The molecule has 0 saturated carbocycles. The van der Waals surface area contributed by atoms with Crippen molar-refractivity contribution in [3.8, 4) is 0 Å². The molecule has 2 nitrogen and oxygen atoms in total. The van der Waals surface area contributed by atoms with Gasteiger partial charge in [0.1, 0.15) is 0 Å². The Morgan fingerprint density at radius 3 is 2.71 bits per heavy atom. The van der Waals surface area contributed by atoms with E-state index >= 15 is 0 Å². The van der Waals surface area contributed by atoms with Crippen molar-refractivity contribution < 1.29 is 4.21 Å². The molecule has 1 atom stereocenters. The highest BCUT2D eigenvalue weighted by molar-refractivity contribution is 7.87. The van der Waals surface area contributed by atoms with E-state index in [0.29, 0.717) is 5.75 Å². The minimum Gasteiger partial charge on any atom is -0.311 e. The summed E-state index contributed by atoms with van der Waals surface area (Å²) in [5.41, 5.74) is 0.111. The maximum Gasteiger partial charge on any atom is 0.0911 e. The van der Waals surface area contributed by atoms with Crippen molar-refractivity contribution in [2.45, 2.75) is 30.5 Å². The molecular weight excluding hydrogens is 214 g/mol. The molecule has 1 heterocycles. The van der Waals surface area contributed by atoms with E-state index in [1.807, 2.05) is 17.5 Å². The summed E-state index contributed by atoms with van der Waals surface area (Å²) in [6.45, 7) is 7.14. The zero-order valence-electron chi connectivity index (χ0n) is 8.87. The normalized spacial score (nSPS) is 14.2. The van der Waals surface area contributed by atoms with Crippen molar-refractivity contribution in [1.29, 1.82) is 0 Å². The van der Waals surface area contributed by atoms with Gasteiger partial charge in [0.15, 0.2) is 0 Å². The summed E-state index contributed by atoms with van der Waals surface area (Å²) >= 11 is 1.56. The van der Waals surface area contributed by atoms with Gasteiger partial charge in [-0.25, -0.2) is 0 Å². The molecule has 0 aliphatic heterocycles. The summed E-state index contributed by atoms with van der Waals surface area (Å²) in [5.74, 6) is 0.692. The van der Waals surface area contributed by atoms with Crippen LogP contribution in [0, 0.1) is 0 Å². The average Bonchev–Trinajstić information content (AvgIpc) is 2.53. The van der Waals surface area contributed by atoms with Gasteiger partial charge >= 0.3 is 0 Å². The first-order valence-corrected chi connectivity index (χ1v) is 6.86. The Kier molecular flexibility index (Phi) is 4.29. The molecule has 1 aromatic rings. The first kappa shape index (κ1) is 11.9. The third-order valence-corrected chi connectivity index (χ3v) is 4.33. The van der Waals surface area contributed by atoms with Crippen molar-refractivity contribution in [1.82, 2.24) is 5.32 Å². The van der Waals surface area contributed by atoms with Crippen molar-refractivity contribution in [2.75, 3.05) is 12.3 Å². The molecule has 4 heteroatoms. The third kappa shape index (κ3) is 4.35. The second kappa shape index (κ2) is 5.05. The van der Waals surface area contributed by atoms with E-state index in [2.05, 4.69) is 26.1 Å². The zero-order valence-corrected chi connectivity index (χ0v) is 10.5. The number of nitrogens with one attached hydrogen (secondary N) is 1. The predicted octanol–water partition coefficient (Wildman–Crippen LogP) is 2.24. The Hall–Kier alpha value is -0.190. The predicted molar refractivity (Wildman–Crippen MR) is 63.4 cm³/mol. The summed E-state index contributed by atoms with van der Waals surface area (Å²) in [5, 5.41) is 5.29. The average molecular weight is 231 g/mol. The molecule has 0 saturated heterocycles. The van der Waals surface area contributed by atoms with E-state index in [1.54, 1.807) is 11.3 Å². The Balaban J connectivity index is 2.30. The molecule has 0 bridgehead atoms. The summed E-state index contributed by atoms with van der Waals surface area (Å²) in [6.07, 6.45) is 0. The van der Waals surface area contributed by atoms with Crippen LogP contribution in [0.3, 0.4) is 0 Å². The molecular formula is C10H17NOS2. The maximum atomic E-state index is 11.7. The lowest BCUT2D eigenvalue weighted by atomic mass is 10.1. The van der Waals surface area contributed by atoms with E-state index in [9.17, 15) is 4.21 Å². The quantitative estimate of drug-likeness (QED) is 0.861. The van der Waals surface area contributed by atoms with Crippen LogP contribution in [-0.4, -0.2) is 22.0 Å². The van der Waals surface area contributed by atoms with Crippen LogP contribution in [0.5, 0.6) is 0 Å². The first-order chi connectivity index (χ1) is 6.49. The van der Waals surface area contributed by atoms with E-state index in [1.165, 1.54) is 0 Å². The first-order valence-electron chi connectivity index (χ1n) is 4.66. The van der Waals surface area contributed by atoms with Crippen LogP contribution < -0.4 is 5.32 Å². The molecule has 0 amide bonds. The van der Waals surface area contributed by atoms with E-state index in [0.717, 1.165) is 10.8 Å². The Labute approximate surface area is 92.2 Å². The number of rotatable bonds is 4. The van der Waals surface area contributed by atoms with Crippen LogP contribution in [0.4, 0.5) is 0 Å². The lowest BCUT2D eigenvalue weighted by Gasteiger charge is -2.19. The fourth-order valence-electron chi connectivity index (χ4n) is 1.01. The van der Waals surface area contributed by atoms with Crippen LogP contribution in [0.2, 0.25) is 0 Å². The Bertz CT molecular complexity index is 288. The molecule has 1 aromatic heterocycles. The van der Waals surface area contributed by atoms with Crippen molar-refractivity contribution in [3.05, 3.63) is 17.5 Å². The number of thiophene rings is 1. The van der Waals surface area contributed by atoms with Gasteiger partial charge in [0.25, 0.3) is 0 Å². The van der Waals surface area contributed by atoms with Gasteiger partial charge in [-0.15, -0.1) is 11.3 Å². The molecule has 0 fully saturated rings. The van der Waals surface area contributed by atoms with Gasteiger partial charge < -0.3 is 5.32 Å². The number of hydrogen-bond donors (Lipinski definition) is 1. The highest BCUT2D eigenvalue weighted by Gasteiger charge is 2.10. The Morgan fingerprint density at radius 1 is 1.50 bits per heavy atom. The van der Waals surface area contributed by atoms with Gasteiger partial charge in [0.05, 0.1) is 15.0 Å². The highest BCUT2D eigenvalue weighted by atomic mass is 32.2. The van der Waals surface area contributed by atoms with Crippen LogP contribution in [0.25, 0.3) is 0 Å². The van der Waals surface area contributed by atoms with Gasteiger partial charge in [-0.2, -0.15) is 0 Å². The van der Waals surface area contributed by atoms with Crippen molar-refractivity contribution in [2.24, 2.45) is 0 Å². The molecule has 1 rings (SSSR count). The van der Waals surface area contributed by atoms with E-state index in [-0.39, 0.29) is 5.54 Å². The Morgan fingerprint density at radius 2 is 2.21 bits per heavy atom. The SMILES string of the molecule is CC(C)(C)NCCS(=O)c1cccs1. The van der Waals surface area contributed by atoms with Gasteiger partial charge in [0.2, 0.25) is 0 Å². The second-order valence-electron chi connectivity index (χ2n) is 4.16. The minimum atomic E-state index is -0.831. The largest absolute Gasteiger partial charge is 0.311 e. The van der Waals surface area contributed by atoms with Crippen molar-refractivity contribution in [3.63, 3.8) is 0 Å². The summed E-state index contributed by atoms with van der Waals surface area (Å²) in [7, 11) is -0.831. The lowest BCUT2D eigenvalue weighted by molar-refractivity contribution is 0.440. The van der Waals surface area contributed by atoms with E-state index < -0.39 is 10.8 Å². The summed E-state index contributed by atoms with van der Waals surface area (Å²) < 4.78 is 12.6. The summed E-state index contributed by atoms with van der Waals surface area (Å²) in [4.78, 5) is 0. The molecule has 1 unspecified atom stereocenters. The monoisotopic (exact) mass is 231 g/mol. The molecule has 14 heavy (non-hydrogen) atoms. The smallest absolute Gasteiger partial charge is 0.0911 e. The highest BCUT2D eigenvalue weighted by Crippen LogP contribution is 2.13. The van der Waals surface area contributed by atoms with Gasteiger partial charge in [0, 0.05) is 17.8 Å². The van der Waals surface area contributed by atoms with Gasteiger partial charge in [-0.05, 0) is 32.2 Å². The summed E-state index contributed by atoms with van der Waals surface area (Å²) in [6, 6.07) is 3.87. The lowest BCUT2D eigenvalue weighted by Crippen LogP contribution is -2.38. The van der Waals surface area contributed by atoms with Gasteiger partial charge in [-0.3, -0.25) is 4.21 Å². The van der Waals surface area contributed by atoms with Gasteiger partial charge in [-0.1, -0.05) is 6.07 Å². The maximum absolute atomic E-state index is 11.7. The van der Waals surface area contributed by atoms with E-state index in [4.69, 9.17) is 0 Å². The van der Waals surface area contributed by atoms with Crippen LogP contribution >= 0.6 is 11.3 Å². The molecule has 0 radical (unpaired) electrons. The molecule has 0 aliphatic rings. The van der Waals surface area contributed by atoms with Crippen LogP contribution in [0.15, 0.2) is 21.7 Å². The van der Waals surface area contributed by atoms with Crippen molar-refractivity contribution >= 4 is 22.1 Å². The molecule has 0 spiro atoms. The molecule has 1 N–H and O–H groups in total. The minimum absolute atomic E-state index is 0.111. The fourth-order valence-corrected chi connectivity index (χ4v) is 3.03. The number of hydrogen-bond acceptors (Lipinski definition) is 3. The van der Waals surface area contributed by atoms with Crippen LogP contribution in [0.1, 0.15) is 20.8 Å².